The minimum atomic E-state index is -1.00. The Morgan fingerprint density at radius 3 is 2.39 bits per heavy atom. The lowest BCUT2D eigenvalue weighted by Gasteiger charge is -2.30. The number of benzene rings is 2. The minimum Gasteiger partial charge on any atom is -0.496 e. The molecule has 152 valence electrons. The quantitative estimate of drug-likeness (QED) is 0.498. The third kappa shape index (κ3) is 6.03. The van der Waals surface area contributed by atoms with Crippen LogP contribution in [0, 0.1) is 0 Å². The highest BCUT2D eigenvalue weighted by Crippen LogP contribution is 2.30. The molecule has 2 bridgehead atoms. The molecule has 2 aromatic carbocycles. The predicted molar refractivity (Wildman–Crippen MR) is 112 cm³/mol. The molecule has 1 atom stereocenters. The van der Waals surface area contributed by atoms with E-state index in [1.54, 1.807) is 24.1 Å². The van der Waals surface area contributed by atoms with Crippen LogP contribution in [0.25, 0.3) is 0 Å². The van der Waals surface area contributed by atoms with Gasteiger partial charge in [-0.1, -0.05) is 42.5 Å². The van der Waals surface area contributed by atoms with Crippen molar-refractivity contribution in [1.29, 1.82) is 0 Å². The Bertz CT molecular complexity index is 748. The number of halogens is 2. The number of fused-ring (bicyclic) bond motifs is 2. The molecule has 3 aliphatic rings. The van der Waals surface area contributed by atoms with Gasteiger partial charge >= 0.3 is 0 Å². The van der Waals surface area contributed by atoms with E-state index >= 15 is 0 Å². The fourth-order valence-electron chi connectivity index (χ4n) is 3.33. The van der Waals surface area contributed by atoms with E-state index in [0.717, 1.165) is 38.3 Å². The smallest absolute Gasteiger partial charge is 0.163 e. The first-order valence-corrected chi connectivity index (χ1v) is 9.50. The lowest BCUT2D eigenvalue weighted by atomic mass is 9.92. The average molecular weight is 407 g/mol. The summed E-state index contributed by atoms with van der Waals surface area (Å²) in [5.74, 6) is 1.05. The zero-order valence-electron chi connectivity index (χ0n) is 16.2. The van der Waals surface area contributed by atoms with Crippen LogP contribution < -0.4 is 10.1 Å². The van der Waals surface area contributed by atoms with Gasteiger partial charge < -0.3 is 10.1 Å². The summed E-state index contributed by atoms with van der Waals surface area (Å²) >= 11 is 0. The Hall–Kier alpha value is -1.95. The standard InChI is InChI=1S/C14H19FN2O.C8H8O.ClH/c15-14(17-10-8-16-9-11-17)7-6-13(18)12-4-2-1-3-5-12;1-9-8-3-2-6-4-7(8)5-6;/h1-5,14,16H,6-11H2;2-4H,5H2,1H3;1H. The lowest BCUT2D eigenvalue weighted by molar-refractivity contribution is 0.0588. The van der Waals surface area contributed by atoms with Gasteiger partial charge in [0.2, 0.25) is 0 Å². The SMILES string of the molecule is COc1ccc2cc1C2.Cl.O=C(CCC(F)N1CCNCC1)c1ccccc1. The van der Waals surface area contributed by atoms with Crippen LogP contribution in [0.15, 0.2) is 48.5 Å². The number of piperazine rings is 1. The van der Waals surface area contributed by atoms with Gasteiger partial charge in [-0.25, -0.2) is 4.39 Å². The average Bonchev–Trinajstić information content (AvgIpc) is 2.73. The maximum Gasteiger partial charge on any atom is 0.163 e. The molecule has 5 rings (SSSR count). The highest BCUT2D eigenvalue weighted by molar-refractivity contribution is 5.95. The number of carbonyl (C=O) groups excluding carboxylic acids is 1. The lowest BCUT2D eigenvalue weighted by Crippen LogP contribution is -2.47. The molecule has 0 spiro atoms. The van der Waals surface area contributed by atoms with Crippen LogP contribution in [0.2, 0.25) is 0 Å². The first-order valence-electron chi connectivity index (χ1n) is 9.50. The van der Waals surface area contributed by atoms with Crippen molar-refractivity contribution in [3.8, 4) is 5.75 Å². The van der Waals surface area contributed by atoms with Crippen LogP contribution in [0.1, 0.15) is 34.3 Å². The Kier molecular flexibility index (Phi) is 8.90. The first kappa shape index (κ1) is 22.3. The molecule has 28 heavy (non-hydrogen) atoms. The number of hydrogen-bond acceptors (Lipinski definition) is 4. The van der Waals surface area contributed by atoms with Crippen molar-refractivity contribution in [1.82, 2.24) is 10.2 Å². The molecule has 1 aliphatic heterocycles. The van der Waals surface area contributed by atoms with E-state index in [4.69, 9.17) is 4.74 Å². The van der Waals surface area contributed by atoms with Crippen molar-refractivity contribution in [3.05, 3.63) is 65.2 Å². The van der Waals surface area contributed by atoms with Gasteiger partial charge in [0.25, 0.3) is 0 Å². The Morgan fingerprint density at radius 1 is 1.18 bits per heavy atom. The number of methoxy groups -OCH3 is 1. The number of Topliss-reactive ketones (excluding diaryl/α,β-unsaturated/α-hetero) is 1. The Morgan fingerprint density at radius 2 is 1.86 bits per heavy atom. The molecular weight excluding hydrogens is 379 g/mol. The van der Waals surface area contributed by atoms with Gasteiger partial charge in [-0.2, -0.15) is 0 Å². The second-order valence-electron chi connectivity index (χ2n) is 6.87. The zero-order valence-corrected chi connectivity index (χ0v) is 17.0. The molecule has 2 aromatic rings. The van der Waals surface area contributed by atoms with Crippen molar-refractivity contribution < 1.29 is 13.9 Å². The molecule has 1 heterocycles. The topological polar surface area (TPSA) is 41.6 Å². The number of ketones is 1. The minimum absolute atomic E-state index is 0. The highest BCUT2D eigenvalue weighted by Gasteiger charge is 2.20. The van der Waals surface area contributed by atoms with E-state index in [-0.39, 0.29) is 31.0 Å². The summed E-state index contributed by atoms with van der Waals surface area (Å²) in [6, 6.07) is 15.4. The molecule has 4 nitrogen and oxygen atoms in total. The Labute approximate surface area is 172 Å². The van der Waals surface area contributed by atoms with E-state index in [9.17, 15) is 9.18 Å². The summed E-state index contributed by atoms with van der Waals surface area (Å²) in [5, 5.41) is 3.19. The van der Waals surface area contributed by atoms with Crippen LogP contribution in [-0.2, 0) is 6.42 Å². The number of nitrogens with zero attached hydrogens (tertiary/aromatic N) is 1. The third-order valence-electron chi connectivity index (χ3n) is 4.99. The van der Waals surface area contributed by atoms with Crippen LogP contribution >= 0.6 is 12.4 Å². The van der Waals surface area contributed by atoms with Crippen LogP contribution in [0.4, 0.5) is 4.39 Å². The second-order valence-corrected chi connectivity index (χ2v) is 6.87. The monoisotopic (exact) mass is 406 g/mol. The van der Waals surface area contributed by atoms with Gasteiger partial charge in [-0.15, -0.1) is 12.4 Å². The van der Waals surface area contributed by atoms with E-state index in [1.165, 1.54) is 11.1 Å². The maximum absolute atomic E-state index is 13.9. The van der Waals surface area contributed by atoms with Crippen molar-refractivity contribution in [2.24, 2.45) is 0 Å². The van der Waals surface area contributed by atoms with Gasteiger partial charge in [-0.05, 0) is 23.6 Å². The fraction of sp³-hybridized carbons (Fsp3) is 0.409. The van der Waals surface area contributed by atoms with E-state index in [0.29, 0.717) is 5.56 Å². The number of carbonyl (C=O) groups is 1. The van der Waals surface area contributed by atoms with Gasteiger partial charge in [0.05, 0.1) is 7.11 Å². The molecule has 0 amide bonds. The highest BCUT2D eigenvalue weighted by atomic mass is 35.5. The molecule has 0 aromatic heterocycles. The van der Waals surface area contributed by atoms with E-state index in [2.05, 4.69) is 17.4 Å². The van der Waals surface area contributed by atoms with E-state index < -0.39 is 6.30 Å². The molecule has 0 saturated carbocycles. The second kappa shape index (κ2) is 11.1. The normalized spacial score (nSPS) is 15.9. The van der Waals surface area contributed by atoms with E-state index in [1.807, 2.05) is 24.3 Å². The van der Waals surface area contributed by atoms with Gasteiger partial charge in [-0.3, -0.25) is 9.69 Å². The summed E-state index contributed by atoms with van der Waals surface area (Å²) < 4.78 is 19.0. The van der Waals surface area contributed by atoms with Crippen molar-refractivity contribution in [2.45, 2.75) is 25.6 Å². The van der Waals surface area contributed by atoms with Crippen LogP contribution in [0.5, 0.6) is 5.75 Å². The summed E-state index contributed by atoms with van der Waals surface area (Å²) in [4.78, 5) is 13.6. The number of rotatable bonds is 6. The van der Waals surface area contributed by atoms with Gasteiger partial charge in [0.15, 0.2) is 12.1 Å². The summed E-state index contributed by atoms with van der Waals surface area (Å²) in [6.45, 7) is 3.10. The number of nitrogens with one attached hydrogen (secondary N) is 1. The molecular formula is C22H28ClFN2O2. The number of ether oxygens (including phenoxy) is 1. The number of alkyl halides is 1. The summed E-state index contributed by atoms with van der Waals surface area (Å²) in [5.41, 5.74) is 3.44. The third-order valence-corrected chi connectivity index (χ3v) is 4.99. The first-order chi connectivity index (χ1) is 13.2. The van der Waals surface area contributed by atoms with Crippen molar-refractivity contribution >= 4 is 18.2 Å². The summed E-state index contributed by atoms with van der Waals surface area (Å²) in [6.07, 6.45) is 0.669. The zero-order chi connectivity index (χ0) is 19.1. The van der Waals surface area contributed by atoms with Crippen molar-refractivity contribution in [2.75, 3.05) is 33.3 Å². The molecule has 1 unspecified atom stereocenters. The molecule has 2 aliphatic carbocycles. The molecule has 6 heteroatoms. The van der Waals surface area contributed by atoms with Gasteiger partial charge in [0, 0.05) is 44.6 Å². The fourth-order valence-corrected chi connectivity index (χ4v) is 3.33. The Balaban J connectivity index is 0.000000235. The predicted octanol–water partition coefficient (Wildman–Crippen LogP) is 3.87. The van der Waals surface area contributed by atoms with Crippen LogP contribution in [0.3, 0.4) is 0 Å². The summed E-state index contributed by atoms with van der Waals surface area (Å²) in [7, 11) is 1.71. The molecule has 1 fully saturated rings. The van der Waals surface area contributed by atoms with Gasteiger partial charge in [0.1, 0.15) is 5.75 Å². The maximum atomic E-state index is 13.9. The molecule has 1 N–H and O–H groups in total. The largest absolute Gasteiger partial charge is 0.496 e. The molecule has 1 saturated heterocycles. The molecule has 0 radical (unpaired) electrons. The van der Waals surface area contributed by atoms with Crippen molar-refractivity contribution in [3.63, 3.8) is 0 Å². The number of hydrogen-bond donors (Lipinski definition) is 1. The van der Waals surface area contributed by atoms with Crippen LogP contribution in [-0.4, -0.2) is 50.3 Å².